The molecule has 2 unspecified atom stereocenters. The molecule has 0 bridgehead atoms. The Hall–Kier alpha value is -1.07. The van der Waals surface area contributed by atoms with Crippen molar-refractivity contribution in [1.82, 2.24) is 9.78 Å². The van der Waals surface area contributed by atoms with Gasteiger partial charge in [-0.25, -0.2) is 4.68 Å². The summed E-state index contributed by atoms with van der Waals surface area (Å²) in [5.41, 5.74) is 7.47. The van der Waals surface area contributed by atoms with E-state index in [4.69, 9.17) is 10.5 Å². The maximum atomic E-state index is 10.3. The van der Waals surface area contributed by atoms with Gasteiger partial charge >= 0.3 is 0 Å². The van der Waals surface area contributed by atoms with Crippen LogP contribution in [-0.2, 0) is 7.05 Å². The Bertz CT molecular complexity index is 374. The number of rotatable bonds is 5. The lowest BCUT2D eigenvalue weighted by molar-refractivity contribution is 0.131. The van der Waals surface area contributed by atoms with Crippen LogP contribution in [0.25, 0.3) is 0 Å². The molecule has 2 atom stereocenters. The molecule has 0 radical (unpaired) electrons. The molecule has 5 heteroatoms. The van der Waals surface area contributed by atoms with Gasteiger partial charge in [-0.1, -0.05) is 13.8 Å². The van der Waals surface area contributed by atoms with E-state index in [-0.39, 0.29) is 6.04 Å². The van der Waals surface area contributed by atoms with E-state index in [1.807, 2.05) is 6.92 Å². The number of nitrogens with two attached hydrogens (primary N) is 1. The molecule has 0 amide bonds. The summed E-state index contributed by atoms with van der Waals surface area (Å²) in [6, 6.07) is -0.299. The third-order valence-corrected chi connectivity index (χ3v) is 2.85. The van der Waals surface area contributed by atoms with Crippen LogP contribution in [0.5, 0.6) is 5.88 Å². The number of methoxy groups -OCH3 is 1. The average Bonchev–Trinajstić information content (AvgIpc) is 2.50. The minimum absolute atomic E-state index is 0.299. The van der Waals surface area contributed by atoms with E-state index in [9.17, 15) is 5.11 Å². The summed E-state index contributed by atoms with van der Waals surface area (Å²) in [4.78, 5) is 0. The van der Waals surface area contributed by atoms with Gasteiger partial charge in [0.1, 0.15) is 6.10 Å². The van der Waals surface area contributed by atoms with Crippen molar-refractivity contribution in [2.45, 2.75) is 39.3 Å². The SMILES string of the molecule is COc1c(C(O)C(N)CC(C)C)c(C)nn1C. The van der Waals surface area contributed by atoms with Crippen LogP contribution in [0.4, 0.5) is 0 Å². The predicted octanol–water partition coefficient (Wildman–Crippen LogP) is 1.14. The zero-order valence-electron chi connectivity index (χ0n) is 11.3. The number of aliphatic hydroxyl groups excluding tert-OH is 1. The molecule has 0 aromatic carbocycles. The molecule has 17 heavy (non-hydrogen) atoms. The number of hydrogen-bond acceptors (Lipinski definition) is 4. The van der Waals surface area contributed by atoms with Gasteiger partial charge in [0.2, 0.25) is 5.88 Å². The van der Waals surface area contributed by atoms with Crippen LogP contribution in [0.3, 0.4) is 0 Å². The van der Waals surface area contributed by atoms with E-state index in [1.54, 1.807) is 18.8 Å². The lowest BCUT2D eigenvalue weighted by Crippen LogP contribution is -2.30. The second kappa shape index (κ2) is 5.51. The van der Waals surface area contributed by atoms with Crippen molar-refractivity contribution in [1.29, 1.82) is 0 Å². The molecule has 1 heterocycles. The first-order valence-corrected chi connectivity index (χ1v) is 5.89. The molecule has 0 saturated carbocycles. The topological polar surface area (TPSA) is 73.3 Å². The third kappa shape index (κ3) is 2.98. The summed E-state index contributed by atoms with van der Waals surface area (Å²) < 4.78 is 6.88. The maximum Gasteiger partial charge on any atom is 0.217 e. The summed E-state index contributed by atoms with van der Waals surface area (Å²) >= 11 is 0. The van der Waals surface area contributed by atoms with Crippen LogP contribution >= 0.6 is 0 Å². The molecular weight excluding hydrogens is 218 g/mol. The highest BCUT2D eigenvalue weighted by Gasteiger charge is 2.26. The Morgan fingerprint density at radius 3 is 2.53 bits per heavy atom. The van der Waals surface area contributed by atoms with Gasteiger partial charge in [-0.05, 0) is 19.3 Å². The number of hydrogen-bond donors (Lipinski definition) is 2. The van der Waals surface area contributed by atoms with Crippen molar-refractivity contribution in [2.24, 2.45) is 18.7 Å². The lowest BCUT2D eigenvalue weighted by atomic mass is 9.95. The quantitative estimate of drug-likeness (QED) is 0.811. The zero-order valence-corrected chi connectivity index (χ0v) is 11.3. The zero-order chi connectivity index (χ0) is 13.2. The van der Waals surface area contributed by atoms with Gasteiger partial charge in [-0.2, -0.15) is 5.10 Å². The number of aryl methyl sites for hydroxylation is 2. The van der Waals surface area contributed by atoms with Crippen molar-refractivity contribution in [2.75, 3.05) is 7.11 Å². The van der Waals surface area contributed by atoms with Crippen molar-refractivity contribution in [3.8, 4) is 5.88 Å². The van der Waals surface area contributed by atoms with E-state index in [0.29, 0.717) is 17.4 Å². The first-order valence-electron chi connectivity index (χ1n) is 5.89. The van der Waals surface area contributed by atoms with Crippen LogP contribution in [0, 0.1) is 12.8 Å². The fourth-order valence-corrected chi connectivity index (χ4v) is 2.12. The van der Waals surface area contributed by atoms with Gasteiger partial charge < -0.3 is 15.6 Å². The molecular formula is C12H23N3O2. The molecule has 0 aliphatic carbocycles. The average molecular weight is 241 g/mol. The Labute approximate surface area is 103 Å². The van der Waals surface area contributed by atoms with Gasteiger partial charge in [0.15, 0.2) is 0 Å². The molecule has 0 aliphatic rings. The molecule has 1 rings (SSSR count). The first-order chi connectivity index (χ1) is 7.88. The monoisotopic (exact) mass is 241 g/mol. The molecule has 98 valence electrons. The molecule has 0 spiro atoms. The normalized spacial score (nSPS) is 15.1. The summed E-state index contributed by atoms with van der Waals surface area (Å²) in [5, 5.41) is 14.5. The summed E-state index contributed by atoms with van der Waals surface area (Å²) in [5.74, 6) is 1.02. The molecule has 1 aromatic heterocycles. The lowest BCUT2D eigenvalue weighted by Gasteiger charge is -2.21. The first kappa shape index (κ1) is 14.0. The molecule has 0 saturated heterocycles. The van der Waals surface area contributed by atoms with Crippen molar-refractivity contribution in [3.05, 3.63) is 11.3 Å². The Morgan fingerprint density at radius 2 is 2.06 bits per heavy atom. The number of ether oxygens (including phenoxy) is 1. The minimum Gasteiger partial charge on any atom is -0.481 e. The van der Waals surface area contributed by atoms with E-state index in [0.717, 1.165) is 12.1 Å². The molecule has 1 aromatic rings. The second-order valence-corrected chi connectivity index (χ2v) is 4.87. The van der Waals surface area contributed by atoms with Crippen molar-refractivity contribution < 1.29 is 9.84 Å². The van der Waals surface area contributed by atoms with Gasteiger partial charge in [0, 0.05) is 13.1 Å². The summed E-state index contributed by atoms with van der Waals surface area (Å²) in [6.07, 6.45) is 0.0274. The van der Waals surface area contributed by atoms with Gasteiger partial charge in [-0.15, -0.1) is 0 Å². The van der Waals surface area contributed by atoms with Crippen molar-refractivity contribution >= 4 is 0 Å². The predicted molar refractivity (Wildman–Crippen MR) is 66.9 cm³/mol. The van der Waals surface area contributed by atoms with Gasteiger partial charge in [-0.3, -0.25) is 0 Å². The second-order valence-electron chi connectivity index (χ2n) is 4.87. The number of nitrogens with zero attached hydrogens (tertiary/aromatic N) is 2. The Morgan fingerprint density at radius 1 is 1.47 bits per heavy atom. The molecule has 0 fully saturated rings. The minimum atomic E-state index is -0.735. The largest absolute Gasteiger partial charge is 0.481 e. The standard InChI is InChI=1S/C12H23N3O2/c1-7(2)6-9(13)11(16)10-8(3)14-15(4)12(10)17-5/h7,9,11,16H,6,13H2,1-5H3. The highest BCUT2D eigenvalue weighted by Crippen LogP contribution is 2.30. The van der Waals surface area contributed by atoms with Crippen LogP contribution in [0.1, 0.15) is 37.6 Å². The third-order valence-electron chi connectivity index (χ3n) is 2.85. The fourth-order valence-electron chi connectivity index (χ4n) is 2.12. The molecule has 5 nitrogen and oxygen atoms in total. The number of aliphatic hydroxyl groups is 1. The van der Waals surface area contributed by atoms with Gasteiger partial charge in [0.25, 0.3) is 0 Å². The highest BCUT2D eigenvalue weighted by molar-refractivity contribution is 5.34. The van der Waals surface area contributed by atoms with Crippen LogP contribution < -0.4 is 10.5 Å². The number of aromatic nitrogens is 2. The van der Waals surface area contributed by atoms with E-state index in [1.165, 1.54) is 0 Å². The Kier molecular flexibility index (Phi) is 4.54. The van der Waals surface area contributed by atoms with Crippen LogP contribution in [0.2, 0.25) is 0 Å². The van der Waals surface area contributed by atoms with E-state index < -0.39 is 6.10 Å². The van der Waals surface area contributed by atoms with E-state index in [2.05, 4.69) is 18.9 Å². The Balaban J connectivity index is 2.98. The maximum absolute atomic E-state index is 10.3. The summed E-state index contributed by atoms with van der Waals surface area (Å²) in [6.45, 7) is 6.02. The van der Waals surface area contributed by atoms with Crippen LogP contribution in [-0.4, -0.2) is 28.0 Å². The van der Waals surface area contributed by atoms with Gasteiger partial charge in [0.05, 0.1) is 18.4 Å². The van der Waals surface area contributed by atoms with E-state index >= 15 is 0 Å². The molecule has 0 aliphatic heterocycles. The fraction of sp³-hybridized carbons (Fsp3) is 0.750. The summed E-state index contributed by atoms with van der Waals surface area (Å²) in [7, 11) is 3.36. The molecule has 3 N–H and O–H groups in total. The van der Waals surface area contributed by atoms with Crippen LogP contribution in [0.15, 0.2) is 0 Å². The highest BCUT2D eigenvalue weighted by atomic mass is 16.5. The van der Waals surface area contributed by atoms with Crippen molar-refractivity contribution in [3.63, 3.8) is 0 Å². The smallest absolute Gasteiger partial charge is 0.217 e.